The van der Waals surface area contributed by atoms with Crippen LogP contribution in [0.3, 0.4) is 0 Å². The molecule has 0 aliphatic rings. The third kappa shape index (κ3) is 2.68. The fourth-order valence-corrected chi connectivity index (χ4v) is 3.41. The topological polar surface area (TPSA) is 4.93 Å². The molecule has 3 aromatic carbocycles. The first-order valence-corrected chi connectivity index (χ1v) is 8.68. The van der Waals surface area contributed by atoms with Gasteiger partial charge in [-0.3, -0.25) is 0 Å². The lowest BCUT2D eigenvalue weighted by atomic mass is 10.0. The van der Waals surface area contributed by atoms with Crippen molar-refractivity contribution in [1.29, 1.82) is 0 Å². The molecule has 122 valence electrons. The molecule has 0 saturated carbocycles. The van der Waals surface area contributed by atoms with E-state index in [0.29, 0.717) is 0 Å². The molecule has 0 aliphatic carbocycles. The number of hydrogen-bond donors (Lipinski definition) is 0. The molecule has 0 amide bonds. The van der Waals surface area contributed by atoms with Gasteiger partial charge in [-0.25, -0.2) is 0 Å². The highest BCUT2D eigenvalue weighted by Gasteiger charge is 2.12. The lowest BCUT2D eigenvalue weighted by Crippen LogP contribution is -1.92. The highest BCUT2D eigenvalue weighted by molar-refractivity contribution is 6.10. The van der Waals surface area contributed by atoms with Crippen molar-refractivity contribution in [3.05, 3.63) is 96.6 Å². The summed E-state index contributed by atoms with van der Waals surface area (Å²) in [7, 11) is 0. The highest BCUT2D eigenvalue weighted by atomic mass is 15.0. The summed E-state index contributed by atoms with van der Waals surface area (Å²) in [5.74, 6) is 0. The van der Waals surface area contributed by atoms with Crippen LogP contribution in [0.1, 0.15) is 19.4 Å². The van der Waals surface area contributed by atoms with Crippen LogP contribution in [0.25, 0.3) is 33.1 Å². The summed E-state index contributed by atoms with van der Waals surface area (Å²) < 4.78 is 2.35. The van der Waals surface area contributed by atoms with Crippen molar-refractivity contribution in [2.45, 2.75) is 13.8 Å². The summed E-state index contributed by atoms with van der Waals surface area (Å²) in [5, 5.41) is 2.59. The van der Waals surface area contributed by atoms with E-state index in [9.17, 15) is 0 Å². The molecule has 0 unspecified atom stereocenters. The largest absolute Gasteiger partial charge is 0.309 e. The maximum Gasteiger partial charge on any atom is 0.0541 e. The molecule has 0 bridgehead atoms. The molecule has 0 aliphatic heterocycles. The van der Waals surface area contributed by atoms with Crippen molar-refractivity contribution in [2.24, 2.45) is 0 Å². The molecule has 0 N–H and O–H groups in total. The zero-order valence-corrected chi connectivity index (χ0v) is 14.6. The number of hydrogen-bond acceptors (Lipinski definition) is 0. The SMILES string of the molecule is CC=CC=C(C)c1ccc2c(c1)c1ccccc1n2-c1ccccc1. The summed E-state index contributed by atoms with van der Waals surface area (Å²) in [6.45, 7) is 4.21. The van der Waals surface area contributed by atoms with E-state index < -0.39 is 0 Å². The molecule has 4 aromatic rings. The Morgan fingerprint density at radius 2 is 1.52 bits per heavy atom. The third-order valence-corrected chi connectivity index (χ3v) is 4.68. The molecule has 0 atom stereocenters. The lowest BCUT2D eigenvalue weighted by Gasteiger charge is -2.08. The molecule has 0 spiro atoms. The zero-order chi connectivity index (χ0) is 17.2. The van der Waals surface area contributed by atoms with Gasteiger partial charge in [0.05, 0.1) is 11.0 Å². The predicted octanol–water partition coefficient (Wildman–Crippen LogP) is 6.76. The number of aromatic nitrogens is 1. The second-order valence-electron chi connectivity index (χ2n) is 6.30. The van der Waals surface area contributed by atoms with Crippen LogP contribution in [0.2, 0.25) is 0 Å². The summed E-state index contributed by atoms with van der Waals surface area (Å²) >= 11 is 0. The molecule has 25 heavy (non-hydrogen) atoms. The van der Waals surface area contributed by atoms with Gasteiger partial charge < -0.3 is 4.57 Å². The Kier molecular flexibility index (Phi) is 3.99. The van der Waals surface area contributed by atoms with E-state index in [1.807, 2.05) is 6.92 Å². The third-order valence-electron chi connectivity index (χ3n) is 4.68. The molecule has 1 nitrogen and oxygen atoms in total. The minimum Gasteiger partial charge on any atom is -0.309 e. The first-order chi connectivity index (χ1) is 12.3. The standard InChI is InChI=1S/C24H21N/c1-3-4-10-18(2)19-15-16-24-22(17-19)21-13-8-9-14-23(21)25(24)20-11-6-5-7-12-20/h3-17H,1-2H3. The maximum atomic E-state index is 2.35. The van der Waals surface area contributed by atoms with E-state index in [2.05, 4.69) is 103 Å². The summed E-state index contributed by atoms with van der Waals surface area (Å²) in [5.41, 5.74) is 6.23. The van der Waals surface area contributed by atoms with E-state index in [1.54, 1.807) is 0 Å². The Bertz CT molecular complexity index is 1100. The fraction of sp³-hybridized carbons (Fsp3) is 0.0833. The fourth-order valence-electron chi connectivity index (χ4n) is 3.41. The van der Waals surface area contributed by atoms with Gasteiger partial charge in [-0.15, -0.1) is 0 Å². The second-order valence-corrected chi connectivity index (χ2v) is 6.30. The van der Waals surface area contributed by atoms with Crippen LogP contribution < -0.4 is 0 Å². The molecule has 0 radical (unpaired) electrons. The van der Waals surface area contributed by atoms with E-state index in [0.717, 1.165) is 0 Å². The van der Waals surface area contributed by atoms with Crippen molar-refractivity contribution >= 4 is 27.4 Å². The molecular formula is C24H21N. The molecule has 0 saturated heterocycles. The summed E-state index contributed by atoms with van der Waals surface area (Å²) in [4.78, 5) is 0. The van der Waals surface area contributed by atoms with Crippen LogP contribution >= 0.6 is 0 Å². The second kappa shape index (κ2) is 6.45. The molecule has 0 fully saturated rings. The van der Waals surface area contributed by atoms with Gasteiger partial charge in [0, 0.05) is 16.5 Å². The first kappa shape index (κ1) is 15.5. The number of fused-ring (bicyclic) bond motifs is 3. The van der Waals surface area contributed by atoms with Crippen molar-refractivity contribution in [3.63, 3.8) is 0 Å². The van der Waals surface area contributed by atoms with E-state index in [1.165, 1.54) is 38.6 Å². The molecule has 1 heteroatoms. The van der Waals surface area contributed by atoms with Crippen LogP contribution in [0.4, 0.5) is 0 Å². The number of benzene rings is 3. The summed E-state index contributed by atoms with van der Waals surface area (Å²) in [6.07, 6.45) is 6.31. The van der Waals surface area contributed by atoms with Crippen LogP contribution in [-0.2, 0) is 0 Å². The Morgan fingerprint density at radius 3 is 2.32 bits per heavy atom. The number of rotatable bonds is 3. The van der Waals surface area contributed by atoms with Gasteiger partial charge in [0.1, 0.15) is 0 Å². The molecule has 4 rings (SSSR count). The van der Waals surface area contributed by atoms with E-state index in [-0.39, 0.29) is 0 Å². The van der Waals surface area contributed by atoms with Crippen molar-refractivity contribution < 1.29 is 0 Å². The van der Waals surface area contributed by atoms with Gasteiger partial charge in [0.15, 0.2) is 0 Å². The Morgan fingerprint density at radius 1 is 0.800 bits per heavy atom. The minimum atomic E-state index is 1.20. The van der Waals surface area contributed by atoms with Crippen molar-refractivity contribution in [1.82, 2.24) is 4.57 Å². The van der Waals surface area contributed by atoms with Crippen LogP contribution in [0.15, 0.2) is 91.0 Å². The molecule has 1 aromatic heterocycles. The number of allylic oxidation sites excluding steroid dienone is 4. The Balaban J connectivity index is 2.03. The minimum absolute atomic E-state index is 1.20. The van der Waals surface area contributed by atoms with Gasteiger partial charge in [0.25, 0.3) is 0 Å². The van der Waals surface area contributed by atoms with Gasteiger partial charge >= 0.3 is 0 Å². The molecular weight excluding hydrogens is 302 g/mol. The molecule has 1 heterocycles. The Hall–Kier alpha value is -3.06. The maximum absolute atomic E-state index is 2.35. The van der Waals surface area contributed by atoms with Gasteiger partial charge in [-0.1, -0.05) is 60.7 Å². The first-order valence-electron chi connectivity index (χ1n) is 8.68. The quantitative estimate of drug-likeness (QED) is 0.367. The van der Waals surface area contributed by atoms with Crippen molar-refractivity contribution in [3.8, 4) is 5.69 Å². The number of para-hydroxylation sites is 2. The van der Waals surface area contributed by atoms with E-state index >= 15 is 0 Å². The Labute approximate surface area is 148 Å². The summed E-state index contributed by atoms with van der Waals surface area (Å²) in [6, 6.07) is 26.0. The van der Waals surface area contributed by atoms with Gasteiger partial charge in [0.2, 0.25) is 0 Å². The average Bonchev–Trinajstić information content (AvgIpc) is 3.00. The van der Waals surface area contributed by atoms with E-state index in [4.69, 9.17) is 0 Å². The smallest absolute Gasteiger partial charge is 0.0541 e. The predicted molar refractivity (Wildman–Crippen MR) is 109 cm³/mol. The lowest BCUT2D eigenvalue weighted by molar-refractivity contribution is 1.18. The van der Waals surface area contributed by atoms with Gasteiger partial charge in [-0.2, -0.15) is 0 Å². The monoisotopic (exact) mass is 323 g/mol. The zero-order valence-electron chi connectivity index (χ0n) is 14.6. The normalized spacial score (nSPS) is 12.5. The highest BCUT2D eigenvalue weighted by Crippen LogP contribution is 2.33. The van der Waals surface area contributed by atoms with Crippen molar-refractivity contribution in [2.75, 3.05) is 0 Å². The van der Waals surface area contributed by atoms with Crippen LogP contribution in [0.5, 0.6) is 0 Å². The van der Waals surface area contributed by atoms with Gasteiger partial charge in [-0.05, 0) is 55.3 Å². The average molecular weight is 323 g/mol. The number of nitrogens with zero attached hydrogens (tertiary/aromatic N) is 1. The van der Waals surface area contributed by atoms with Crippen LogP contribution in [0, 0.1) is 0 Å². The van der Waals surface area contributed by atoms with Crippen LogP contribution in [-0.4, -0.2) is 4.57 Å².